The van der Waals surface area contributed by atoms with Crippen LogP contribution in [0.2, 0.25) is 0 Å². The van der Waals surface area contributed by atoms with Crippen molar-refractivity contribution in [1.29, 1.82) is 0 Å². The van der Waals surface area contributed by atoms with E-state index in [2.05, 4.69) is 36.4 Å². The maximum absolute atomic E-state index is 4.50. The van der Waals surface area contributed by atoms with Gasteiger partial charge in [0.1, 0.15) is 5.82 Å². The molecule has 2 aromatic heterocycles. The van der Waals surface area contributed by atoms with Crippen molar-refractivity contribution in [3.8, 4) is 0 Å². The highest BCUT2D eigenvalue weighted by molar-refractivity contribution is 5.85. The van der Waals surface area contributed by atoms with E-state index >= 15 is 0 Å². The van der Waals surface area contributed by atoms with Gasteiger partial charge in [0.25, 0.3) is 0 Å². The third-order valence-corrected chi connectivity index (χ3v) is 3.79. The van der Waals surface area contributed by atoms with Gasteiger partial charge in [0, 0.05) is 58.9 Å². The maximum atomic E-state index is 4.50. The molecular formula is C13H21ClN6. The number of nitrogens with zero attached hydrogens (tertiary/aromatic N) is 5. The van der Waals surface area contributed by atoms with Gasteiger partial charge in [-0.05, 0) is 0 Å². The quantitative estimate of drug-likeness (QED) is 0.907. The summed E-state index contributed by atoms with van der Waals surface area (Å²) >= 11 is 0. The van der Waals surface area contributed by atoms with Crippen LogP contribution in [0.4, 0.5) is 0 Å². The summed E-state index contributed by atoms with van der Waals surface area (Å²) in [6, 6.07) is 0.323. The van der Waals surface area contributed by atoms with E-state index in [1.54, 1.807) is 0 Å². The Morgan fingerprint density at radius 1 is 1.35 bits per heavy atom. The average molecular weight is 297 g/mol. The lowest BCUT2D eigenvalue weighted by molar-refractivity contribution is 0.142. The topological polar surface area (TPSA) is 50.9 Å². The Morgan fingerprint density at radius 2 is 2.20 bits per heavy atom. The van der Waals surface area contributed by atoms with E-state index in [9.17, 15) is 0 Å². The van der Waals surface area contributed by atoms with Crippen molar-refractivity contribution in [3.05, 3.63) is 36.4 Å². The first kappa shape index (κ1) is 15.0. The monoisotopic (exact) mass is 296 g/mol. The maximum Gasteiger partial charge on any atom is 0.127 e. The summed E-state index contributed by atoms with van der Waals surface area (Å²) in [4.78, 5) is 11.2. The first-order valence-electron chi connectivity index (χ1n) is 6.63. The van der Waals surface area contributed by atoms with E-state index in [1.165, 1.54) is 5.69 Å². The van der Waals surface area contributed by atoms with Crippen LogP contribution in [-0.2, 0) is 20.6 Å². The molecule has 0 bridgehead atoms. The highest BCUT2D eigenvalue weighted by atomic mass is 35.5. The molecule has 1 N–H and O–H groups in total. The number of rotatable bonds is 3. The van der Waals surface area contributed by atoms with Crippen LogP contribution in [-0.4, -0.2) is 43.6 Å². The Morgan fingerprint density at radius 3 is 2.85 bits per heavy atom. The van der Waals surface area contributed by atoms with Gasteiger partial charge >= 0.3 is 0 Å². The van der Waals surface area contributed by atoms with E-state index in [4.69, 9.17) is 0 Å². The van der Waals surface area contributed by atoms with Gasteiger partial charge in [-0.3, -0.25) is 4.90 Å². The van der Waals surface area contributed by atoms with Gasteiger partial charge in [0.05, 0.1) is 18.1 Å². The van der Waals surface area contributed by atoms with Crippen molar-refractivity contribution in [3.63, 3.8) is 0 Å². The molecule has 0 amide bonds. The fourth-order valence-corrected chi connectivity index (χ4v) is 2.63. The Kier molecular flexibility index (Phi) is 4.80. The smallest absolute Gasteiger partial charge is 0.127 e. The second kappa shape index (κ2) is 6.39. The first-order valence-corrected chi connectivity index (χ1v) is 6.63. The van der Waals surface area contributed by atoms with Crippen LogP contribution < -0.4 is 5.32 Å². The number of nitrogens with one attached hydrogen (secondary N) is 1. The number of piperazine rings is 1. The average Bonchev–Trinajstić information content (AvgIpc) is 3.00. The molecule has 3 rings (SSSR count). The number of halogens is 1. The minimum absolute atomic E-state index is 0. The van der Waals surface area contributed by atoms with Crippen molar-refractivity contribution in [2.45, 2.75) is 12.6 Å². The Labute approximate surface area is 125 Å². The lowest BCUT2D eigenvalue weighted by Crippen LogP contribution is -2.46. The lowest BCUT2D eigenvalue weighted by atomic mass is 10.1. The van der Waals surface area contributed by atoms with Gasteiger partial charge in [-0.2, -0.15) is 0 Å². The molecule has 1 saturated heterocycles. The molecule has 3 heterocycles. The highest BCUT2D eigenvalue weighted by Gasteiger charge is 2.27. The van der Waals surface area contributed by atoms with Gasteiger partial charge in [0.15, 0.2) is 0 Å². The minimum atomic E-state index is 0. The van der Waals surface area contributed by atoms with Crippen LogP contribution >= 0.6 is 12.4 Å². The standard InChI is InChI=1S/C13H20N6.ClH/c1-17-5-4-16-13(17)12-8-14-3-6-19(12)9-11-7-15-10-18(11)2;/h4-5,7,10,12,14H,3,6,8-9H2,1-2H3;1H. The molecule has 1 atom stereocenters. The molecule has 0 saturated carbocycles. The Bertz CT molecular complexity index is 549. The molecule has 20 heavy (non-hydrogen) atoms. The van der Waals surface area contributed by atoms with Crippen LogP contribution in [0.15, 0.2) is 24.9 Å². The lowest BCUT2D eigenvalue weighted by Gasteiger charge is -2.35. The molecule has 1 fully saturated rings. The molecule has 0 spiro atoms. The summed E-state index contributed by atoms with van der Waals surface area (Å²) in [5, 5.41) is 3.46. The van der Waals surface area contributed by atoms with Crippen molar-refractivity contribution >= 4 is 12.4 Å². The van der Waals surface area contributed by atoms with E-state index in [0.29, 0.717) is 6.04 Å². The Balaban J connectivity index is 0.00000147. The third-order valence-electron chi connectivity index (χ3n) is 3.79. The summed E-state index contributed by atoms with van der Waals surface area (Å²) < 4.78 is 4.19. The van der Waals surface area contributed by atoms with Crippen LogP contribution in [0.25, 0.3) is 0 Å². The molecule has 110 valence electrons. The first-order chi connectivity index (χ1) is 9.25. The van der Waals surface area contributed by atoms with E-state index < -0.39 is 0 Å². The molecule has 1 aliphatic heterocycles. The number of imidazole rings is 2. The molecule has 0 aromatic carbocycles. The Hall–Kier alpha value is -1.37. The van der Waals surface area contributed by atoms with Gasteiger partial charge in [0.2, 0.25) is 0 Å². The van der Waals surface area contributed by atoms with Crippen molar-refractivity contribution in [2.24, 2.45) is 14.1 Å². The fraction of sp³-hybridized carbons (Fsp3) is 0.538. The van der Waals surface area contributed by atoms with E-state index in [1.807, 2.05) is 32.0 Å². The summed E-state index contributed by atoms with van der Waals surface area (Å²) in [5.41, 5.74) is 1.24. The SMILES string of the molecule is Cl.Cn1cncc1CN1CCNCC1c1nccn1C. The van der Waals surface area contributed by atoms with Gasteiger partial charge < -0.3 is 14.5 Å². The van der Waals surface area contributed by atoms with Crippen molar-refractivity contribution in [1.82, 2.24) is 29.3 Å². The van der Waals surface area contributed by atoms with Gasteiger partial charge in [-0.25, -0.2) is 9.97 Å². The van der Waals surface area contributed by atoms with E-state index in [-0.39, 0.29) is 12.4 Å². The summed E-state index contributed by atoms with van der Waals surface area (Å²) in [6.07, 6.45) is 7.67. The molecule has 2 aromatic rings. The second-order valence-corrected chi connectivity index (χ2v) is 5.08. The zero-order valence-electron chi connectivity index (χ0n) is 11.9. The van der Waals surface area contributed by atoms with Gasteiger partial charge in [-0.15, -0.1) is 12.4 Å². The molecule has 0 aliphatic carbocycles. The van der Waals surface area contributed by atoms with Crippen LogP contribution in [0.3, 0.4) is 0 Å². The largest absolute Gasteiger partial charge is 0.337 e. The third kappa shape index (κ3) is 2.87. The summed E-state index contributed by atoms with van der Waals surface area (Å²) in [7, 11) is 4.10. The van der Waals surface area contributed by atoms with E-state index in [0.717, 1.165) is 32.0 Å². The molecule has 1 unspecified atom stereocenters. The van der Waals surface area contributed by atoms with Gasteiger partial charge in [-0.1, -0.05) is 0 Å². The van der Waals surface area contributed by atoms with Crippen molar-refractivity contribution in [2.75, 3.05) is 19.6 Å². The normalized spacial score (nSPS) is 19.8. The van der Waals surface area contributed by atoms with Crippen LogP contribution in [0.5, 0.6) is 0 Å². The highest BCUT2D eigenvalue weighted by Crippen LogP contribution is 2.22. The number of aryl methyl sites for hydroxylation is 2. The van der Waals surface area contributed by atoms with Crippen LogP contribution in [0.1, 0.15) is 17.6 Å². The molecule has 0 radical (unpaired) electrons. The summed E-state index contributed by atoms with van der Waals surface area (Å²) in [6.45, 7) is 3.92. The fourth-order valence-electron chi connectivity index (χ4n) is 2.63. The minimum Gasteiger partial charge on any atom is -0.337 e. The summed E-state index contributed by atoms with van der Waals surface area (Å²) in [5.74, 6) is 1.12. The number of hydrogen-bond acceptors (Lipinski definition) is 4. The molecular weight excluding hydrogens is 276 g/mol. The second-order valence-electron chi connectivity index (χ2n) is 5.08. The predicted octanol–water partition coefficient (Wildman–Crippen LogP) is 0.722. The molecule has 7 heteroatoms. The van der Waals surface area contributed by atoms with Crippen molar-refractivity contribution < 1.29 is 0 Å². The molecule has 1 aliphatic rings. The predicted molar refractivity (Wildman–Crippen MR) is 79.7 cm³/mol. The van der Waals surface area contributed by atoms with Crippen LogP contribution in [0, 0.1) is 0 Å². The zero-order valence-corrected chi connectivity index (χ0v) is 12.7. The number of aromatic nitrogens is 4. The zero-order chi connectivity index (χ0) is 13.2. The number of hydrogen-bond donors (Lipinski definition) is 1. The molecule has 6 nitrogen and oxygen atoms in total.